The molecule has 0 bridgehead atoms. The van der Waals surface area contributed by atoms with Gasteiger partial charge in [0.05, 0.1) is 37.0 Å². The third-order valence-corrected chi connectivity index (χ3v) is 8.64. The summed E-state index contributed by atoms with van der Waals surface area (Å²) < 4.78 is 38.8. The summed E-state index contributed by atoms with van der Waals surface area (Å²) in [6.45, 7) is -0.838. The van der Waals surface area contributed by atoms with E-state index in [0.29, 0.717) is 25.9 Å². The van der Waals surface area contributed by atoms with Crippen molar-refractivity contribution in [1.29, 1.82) is 0 Å². The van der Waals surface area contributed by atoms with Crippen LogP contribution in [0, 0.1) is 9.39 Å². The topological polar surface area (TPSA) is 151 Å². The zero-order chi connectivity index (χ0) is 33.7. The van der Waals surface area contributed by atoms with Crippen LogP contribution >= 0.6 is 22.6 Å². The maximum absolute atomic E-state index is 15.0. The zero-order valence-corrected chi connectivity index (χ0v) is 27.8. The summed E-state index contributed by atoms with van der Waals surface area (Å²) in [5.74, 6) is -0.894. The third kappa shape index (κ3) is 7.38. The van der Waals surface area contributed by atoms with E-state index in [2.05, 4.69) is 5.32 Å². The predicted octanol–water partition coefficient (Wildman–Crippen LogP) is 3.94. The van der Waals surface area contributed by atoms with Crippen molar-refractivity contribution >= 4 is 45.4 Å². The highest BCUT2D eigenvalue weighted by Gasteiger charge is 2.42. The number of amides is 2. The van der Waals surface area contributed by atoms with Crippen LogP contribution in [0.25, 0.3) is 11.0 Å². The van der Waals surface area contributed by atoms with Gasteiger partial charge in [-0.2, -0.15) is 0 Å². The highest BCUT2D eigenvalue weighted by Crippen LogP contribution is 2.38. The van der Waals surface area contributed by atoms with Crippen molar-refractivity contribution in [3.63, 3.8) is 0 Å². The number of para-hydroxylation sites is 1. The van der Waals surface area contributed by atoms with E-state index >= 15 is 4.39 Å². The van der Waals surface area contributed by atoms with Gasteiger partial charge in [0.15, 0.2) is 28.6 Å². The molecular formula is C34H34FIN2O9. The largest absolute Gasteiger partial charge is 0.493 e. The van der Waals surface area contributed by atoms with Crippen LogP contribution in [0.4, 0.5) is 4.39 Å². The number of carbonyl (C=O) groups is 2. The summed E-state index contributed by atoms with van der Waals surface area (Å²) in [7, 11) is 2.91. The lowest BCUT2D eigenvalue weighted by Crippen LogP contribution is -2.54. The summed E-state index contributed by atoms with van der Waals surface area (Å²) >= 11 is 2.01. The van der Waals surface area contributed by atoms with Gasteiger partial charge in [-0.05, 0) is 64.6 Å². The van der Waals surface area contributed by atoms with Crippen LogP contribution in [-0.2, 0) is 17.9 Å². The molecule has 1 aliphatic rings. The molecule has 1 aromatic heterocycles. The molecule has 0 aliphatic heterocycles. The normalized spacial score (nSPS) is 17.6. The molecule has 1 aliphatic carbocycles. The van der Waals surface area contributed by atoms with Gasteiger partial charge in [-0.25, -0.2) is 4.39 Å². The number of nitrogens with zero attached hydrogens (tertiary/aromatic N) is 1. The van der Waals surface area contributed by atoms with Crippen molar-refractivity contribution in [2.24, 2.45) is 0 Å². The molecule has 0 saturated carbocycles. The maximum atomic E-state index is 15.0. The Kier molecular flexibility index (Phi) is 11.0. The SMILES string of the molecule is COc1cc(CO)cc(I)c1O[C@H]1C=C(C(=O)NCCO)C[C@@H](N(Cc2ccccc2F)C(=O)c2cc3cccc(OC)c3o2)[C@@H]1O. The Balaban J connectivity index is 1.59. The van der Waals surface area contributed by atoms with Gasteiger partial charge in [-0.15, -0.1) is 0 Å². The molecular weight excluding hydrogens is 726 g/mol. The first-order valence-corrected chi connectivity index (χ1v) is 15.8. The fourth-order valence-corrected chi connectivity index (χ4v) is 6.28. The maximum Gasteiger partial charge on any atom is 0.290 e. The number of halogens is 2. The Hall–Kier alpha value is -4.18. The first-order valence-electron chi connectivity index (χ1n) is 14.7. The number of furan rings is 1. The lowest BCUT2D eigenvalue weighted by atomic mass is 9.87. The van der Waals surface area contributed by atoms with Gasteiger partial charge in [0, 0.05) is 36.0 Å². The second-order valence-electron chi connectivity index (χ2n) is 10.8. The Morgan fingerprint density at radius 3 is 2.53 bits per heavy atom. The molecule has 4 N–H and O–H groups in total. The lowest BCUT2D eigenvalue weighted by Gasteiger charge is -2.40. The van der Waals surface area contributed by atoms with Crippen molar-refractivity contribution in [1.82, 2.24) is 10.2 Å². The van der Waals surface area contributed by atoms with Crippen LogP contribution in [0.1, 0.15) is 28.1 Å². The minimum absolute atomic E-state index is 0.0258. The Morgan fingerprint density at radius 2 is 1.83 bits per heavy atom. The molecule has 0 unspecified atom stereocenters. The number of hydrogen-bond donors (Lipinski definition) is 4. The highest BCUT2D eigenvalue weighted by molar-refractivity contribution is 14.1. The van der Waals surface area contributed by atoms with Crippen molar-refractivity contribution in [2.45, 2.75) is 37.8 Å². The fourth-order valence-electron chi connectivity index (χ4n) is 5.49. The lowest BCUT2D eigenvalue weighted by molar-refractivity contribution is -0.118. The smallest absolute Gasteiger partial charge is 0.290 e. The van der Waals surface area contributed by atoms with E-state index in [1.165, 1.54) is 43.4 Å². The van der Waals surface area contributed by atoms with E-state index in [4.69, 9.17) is 18.6 Å². The second-order valence-corrected chi connectivity index (χ2v) is 12.0. The predicted molar refractivity (Wildman–Crippen MR) is 178 cm³/mol. The van der Waals surface area contributed by atoms with Crippen LogP contribution in [-0.4, -0.2) is 77.7 Å². The van der Waals surface area contributed by atoms with E-state index in [9.17, 15) is 24.9 Å². The second kappa shape index (κ2) is 15.2. The number of fused-ring (bicyclic) bond motifs is 1. The van der Waals surface area contributed by atoms with Gasteiger partial charge < -0.3 is 44.2 Å². The molecule has 3 atom stereocenters. The molecule has 47 heavy (non-hydrogen) atoms. The molecule has 0 saturated heterocycles. The van der Waals surface area contributed by atoms with Gasteiger partial charge in [0.2, 0.25) is 5.91 Å². The van der Waals surface area contributed by atoms with Gasteiger partial charge in [0.25, 0.3) is 5.91 Å². The number of benzene rings is 3. The van der Waals surface area contributed by atoms with E-state index in [-0.39, 0.29) is 61.1 Å². The van der Waals surface area contributed by atoms with Crippen LogP contribution < -0.4 is 19.5 Å². The number of methoxy groups -OCH3 is 2. The Labute approximate surface area is 283 Å². The average Bonchev–Trinajstić information content (AvgIpc) is 3.53. The number of hydrogen-bond acceptors (Lipinski definition) is 9. The van der Waals surface area contributed by atoms with E-state index in [1.54, 1.807) is 42.5 Å². The van der Waals surface area contributed by atoms with Crippen molar-refractivity contribution < 1.29 is 47.9 Å². The van der Waals surface area contributed by atoms with Gasteiger partial charge in [-0.3, -0.25) is 9.59 Å². The van der Waals surface area contributed by atoms with Crippen LogP contribution in [0.15, 0.2) is 76.7 Å². The highest BCUT2D eigenvalue weighted by atomic mass is 127. The molecule has 13 heteroatoms. The first kappa shape index (κ1) is 34.2. The summed E-state index contributed by atoms with van der Waals surface area (Å²) in [5, 5.41) is 34.1. The van der Waals surface area contributed by atoms with Gasteiger partial charge in [0.1, 0.15) is 18.0 Å². The molecule has 248 valence electrons. The summed E-state index contributed by atoms with van der Waals surface area (Å²) in [5.41, 5.74) is 1.27. The molecule has 2 amide bonds. The molecule has 3 aromatic carbocycles. The number of aliphatic hydroxyl groups is 3. The van der Waals surface area contributed by atoms with E-state index in [1.807, 2.05) is 22.6 Å². The first-order chi connectivity index (χ1) is 22.7. The monoisotopic (exact) mass is 760 g/mol. The molecule has 4 aromatic rings. The average molecular weight is 761 g/mol. The summed E-state index contributed by atoms with van der Waals surface area (Å²) in [4.78, 5) is 28.9. The fraction of sp³-hybridized carbons (Fsp3) is 0.294. The van der Waals surface area contributed by atoms with Crippen molar-refractivity contribution in [3.8, 4) is 17.2 Å². The number of ether oxygens (including phenoxy) is 3. The molecule has 0 spiro atoms. The number of rotatable bonds is 12. The Bertz CT molecular complexity index is 1790. The van der Waals surface area contributed by atoms with Crippen molar-refractivity contribution in [3.05, 3.63) is 98.6 Å². The standard InChI is InChI=1S/C34H34FIN2O9/c1-44-26-9-5-7-20-15-29(47-31(20)26)34(43)38(17-21-6-3-4-8-23(21)35)25-14-22(33(42)37-10-11-39)16-27(30(25)41)46-32-24(36)12-19(18-40)13-28(32)45-2/h3-9,12-13,15-16,25,27,30,39-41H,10-11,14,17-18H2,1-2H3,(H,37,42)/t25-,27+,30+/m1/s1. The summed E-state index contributed by atoms with van der Waals surface area (Å²) in [6.07, 6.45) is -1.27. The molecule has 0 fully saturated rings. The quantitative estimate of drug-likeness (QED) is 0.158. The minimum Gasteiger partial charge on any atom is -0.493 e. The number of aliphatic hydroxyl groups excluding tert-OH is 3. The van der Waals surface area contributed by atoms with Gasteiger partial charge in [-0.1, -0.05) is 30.3 Å². The van der Waals surface area contributed by atoms with Crippen LogP contribution in [0.2, 0.25) is 0 Å². The minimum atomic E-state index is -1.42. The zero-order valence-electron chi connectivity index (χ0n) is 25.6. The number of carbonyl (C=O) groups excluding carboxylic acids is 2. The van der Waals surface area contributed by atoms with Crippen LogP contribution in [0.3, 0.4) is 0 Å². The van der Waals surface area contributed by atoms with Crippen molar-refractivity contribution in [2.75, 3.05) is 27.4 Å². The molecule has 1 heterocycles. The summed E-state index contributed by atoms with van der Waals surface area (Å²) in [6, 6.07) is 14.9. The van der Waals surface area contributed by atoms with E-state index in [0.717, 1.165) is 0 Å². The molecule has 5 rings (SSSR count). The number of nitrogens with one attached hydrogen (secondary N) is 1. The van der Waals surface area contributed by atoms with E-state index < -0.39 is 35.9 Å². The molecule has 0 radical (unpaired) electrons. The third-order valence-electron chi connectivity index (χ3n) is 7.84. The Morgan fingerprint density at radius 1 is 1.06 bits per heavy atom. The van der Waals surface area contributed by atoms with Crippen LogP contribution in [0.5, 0.6) is 17.2 Å². The molecule has 11 nitrogen and oxygen atoms in total. The van der Waals surface area contributed by atoms with Gasteiger partial charge >= 0.3 is 0 Å².